The average Bonchev–Trinajstić information content (AvgIpc) is 2.78. The maximum atomic E-state index is 13.0. The quantitative estimate of drug-likeness (QED) is 0.301. The second-order valence-electron chi connectivity index (χ2n) is 7.52. The summed E-state index contributed by atoms with van der Waals surface area (Å²) in [6, 6.07) is 15.7. The van der Waals surface area contributed by atoms with E-state index in [0.29, 0.717) is 33.8 Å². The van der Waals surface area contributed by atoms with E-state index in [-0.39, 0.29) is 11.8 Å². The van der Waals surface area contributed by atoms with Crippen molar-refractivity contribution in [3.63, 3.8) is 0 Å². The fourth-order valence-electron chi connectivity index (χ4n) is 3.51. The van der Waals surface area contributed by atoms with Gasteiger partial charge in [-0.05, 0) is 67.4 Å². The number of nitrogens with one attached hydrogen (secondary N) is 4. The fourth-order valence-corrected chi connectivity index (χ4v) is 3.51. The van der Waals surface area contributed by atoms with Gasteiger partial charge in [0.1, 0.15) is 0 Å². The van der Waals surface area contributed by atoms with Crippen LogP contribution in [0.3, 0.4) is 0 Å². The molecule has 0 heterocycles. The van der Waals surface area contributed by atoms with Crippen molar-refractivity contribution >= 4 is 34.6 Å². The number of amides is 2. The molecular formula is C25H27N5O2. The lowest BCUT2D eigenvalue weighted by atomic mass is 9.95. The molecule has 6 N–H and O–H groups in total. The lowest BCUT2D eigenvalue weighted by molar-refractivity contribution is 0.0961. The first-order valence-electron chi connectivity index (χ1n) is 10.2. The number of carbonyl (C=O) groups is 2. The number of benzene rings is 3. The smallest absolute Gasteiger partial charge is 0.255 e. The lowest BCUT2D eigenvalue weighted by Gasteiger charge is -2.15. The van der Waals surface area contributed by atoms with Crippen molar-refractivity contribution in [3.05, 3.63) is 88.0 Å². The van der Waals surface area contributed by atoms with Gasteiger partial charge in [0, 0.05) is 53.4 Å². The lowest BCUT2D eigenvalue weighted by Crippen LogP contribution is -2.20. The van der Waals surface area contributed by atoms with Crippen molar-refractivity contribution in [1.29, 1.82) is 5.41 Å². The van der Waals surface area contributed by atoms with Gasteiger partial charge in [0.25, 0.3) is 11.8 Å². The van der Waals surface area contributed by atoms with Crippen LogP contribution in [0.4, 0.5) is 17.1 Å². The van der Waals surface area contributed by atoms with E-state index in [1.165, 1.54) is 0 Å². The third-order valence-corrected chi connectivity index (χ3v) is 5.31. The molecule has 0 aliphatic carbocycles. The number of nitrogen functional groups attached to an aromatic ring is 1. The molecule has 0 fully saturated rings. The van der Waals surface area contributed by atoms with Crippen LogP contribution in [0.25, 0.3) is 0 Å². The highest BCUT2D eigenvalue weighted by atomic mass is 16.2. The molecule has 3 aromatic carbocycles. The van der Waals surface area contributed by atoms with Gasteiger partial charge in [0.15, 0.2) is 0 Å². The Kier molecular flexibility index (Phi) is 6.59. The molecule has 0 saturated carbocycles. The highest BCUT2D eigenvalue weighted by Gasteiger charge is 2.16. The highest BCUT2D eigenvalue weighted by Crippen LogP contribution is 2.24. The Morgan fingerprint density at radius 1 is 0.812 bits per heavy atom. The molecule has 0 aliphatic rings. The Balaban J connectivity index is 1.93. The Labute approximate surface area is 187 Å². The highest BCUT2D eigenvalue weighted by molar-refractivity contribution is 6.16. The van der Waals surface area contributed by atoms with E-state index >= 15 is 0 Å². The largest absolute Gasteiger partial charge is 0.399 e. The third-order valence-electron chi connectivity index (χ3n) is 5.31. The van der Waals surface area contributed by atoms with E-state index in [4.69, 9.17) is 11.1 Å². The van der Waals surface area contributed by atoms with Crippen molar-refractivity contribution in [2.45, 2.75) is 13.8 Å². The number of hydrogen-bond donors (Lipinski definition) is 5. The summed E-state index contributed by atoms with van der Waals surface area (Å²) in [4.78, 5) is 25.0. The number of hydrogen-bond acceptors (Lipinski definition) is 5. The van der Waals surface area contributed by atoms with Crippen LogP contribution in [0.5, 0.6) is 0 Å². The maximum Gasteiger partial charge on any atom is 0.255 e. The molecule has 164 valence electrons. The summed E-state index contributed by atoms with van der Waals surface area (Å²) in [6.07, 6.45) is 0. The van der Waals surface area contributed by atoms with Gasteiger partial charge in [-0.3, -0.25) is 15.0 Å². The Bertz CT molecular complexity index is 1220. The molecule has 0 radical (unpaired) electrons. The number of aryl methyl sites for hydroxylation is 2. The Hall–Kier alpha value is -4.13. The first-order valence-corrected chi connectivity index (χ1v) is 10.2. The van der Waals surface area contributed by atoms with Gasteiger partial charge in [-0.25, -0.2) is 0 Å². The molecule has 0 aromatic heterocycles. The predicted molar refractivity (Wildman–Crippen MR) is 130 cm³/mol. The minimum absolute atomic E-state index is 0.216. The van der Waals surface area contributed by atoms with Crippen molar-refractivity contribution in [2.75, 3.05) is 30.5 Å². The SMILES string of the molecule is CNC(=O)c1cc(NC(=O)c2ccc(NC)c(C(=N)c3ccc(N)cc3C)c2)ccc1C. The standard InChI is InChI=1S/C25H27N5O2/c1-14-5-8-18(13-20(14)25(32)29-4)30-24(31)16-6-10-22(28-3)21(12-16)23(27)19-9-7-17(26)11-15(19)2/h5-13,27-28H,26H2,1-4H3,(H,29,32)(H,30,31). The molecule has 0 saturated heterocycles. The zero-order valence-corrected chi connectivity index (χ0v) is 18.6. The van der Waals surface area contributed by atoms with Crippen LogP contribution < -0.4 is 21.7 Å². The van der Waals surface area contributed by atoms with Crippen molar-refractivity contribution < 1.29 is 9.59 Å². The normalized spacial score (nSPS) is 10.4. The first-order chi connectivity index (χ1) is 15.2. The van der Waals surface area contributed by atoms with Crippen LogP contribution in [-0.2, 0) is 0 Å². The van der Waals surface area contributed by atoms with E-state index in [1.54, 1.807) is 56.6 Å². The van der Waals surface area contributed by atoms with Gasteiger partial charge < -0.3 is 21.7 Å². The van der Waals surface area contributed by atoms with E-state index in [0.717, 1.165) is 22.4 Å². The minimum Gasteiger partial charge on any atom is -0.399 e. The van der Waals surface area contributed by atoms with Crippen LogP contribution in [-0.4, -0.2) is 31.6 Å². The van der Waals surface area contributed by atoms with Crippen molar-refractivity contribution in [3.8, 4) is 0 Å². The van der Waals surface area contributed by atoms with E-state index < -0.39 is 0 Å². The maximum absolute atomic E-state index is 13.0. The van der Waals surface area contributed by atoms with E-state index in [9.17, 15) is 9.59 Å². The second kappa shape index (κ2) is 9.34. The number of nitrogens with two attached hydrogens (primary N) is 1. The molecule has 0 bridgehead atoms. The number of rotatable bonds is 6. The van der Waals surface area contributed by atoms with Gasteiger partial charge >= 0.3 is 0 Å². The topological polar surface area (TPSA) is 120 Å². The second-order valence-corrected chi connectivity index (χ2v) is 7.52. The third kappa shape index (κ3) is 4.62. The summed E-state index contributed by atoms with van der Waals surface area (Å²) in [5.74, 6) is -0.547. The fraction of sp³-hybridized carbons (Fsp3) is 0.160. The molecule has 3 aromatic rings. The Morgan fingerprint density at radius 3 is 2.22 bits per heavy atom. The molecule has 7 heteroatoms. The summed E-state index contributed by atoms with van der Waals surface area (Å²) in [5.41, 5.74) is 12.0. The molecular weight excluding hydrogens is 402 g/mol. The zero-order valence-electron chi connectivity index (χ0n) is 18.6. The van der Waals surface area contributed by atoms with E-state index in [1.807, 2.05) is 26.0 Å². The predicted octanol–water partition coefficient (Wildman–Crippen LogP) is 3.96. The van der Waals surface area contributed by atoms with Crippen LogP contribution in [0.15, 0.2) is 54.6 Å². The summed E-state index contributed by atoms with van der Waals surface area (Å²) >= 11 is 0. The van der Waals surface area contributed by atoms with Crippen LogP contribution >= 0.6 is 0 Å². The molecule has 0 atom stereocenters. The molecule has 0 aliphatic heterocycles. The average molecular weight is 430 g/mol. The molecule has 32 heavy (non-hydrogen) atoms. The Morgan fingerprint density at radius 2 is 1.56 bits per heavy atom. The van der Waals surface area contributed by atoms with Crippen molar-refractivity contribution in [1.82, 2.24) is 5.32 Å². The summed E-state index contributed by atoms with van der Waals surface area (Å²) in [5, 5.41) is 17.3. The van der Waals surface area contributed by atoms with Crippen LogP contribution in [0.1, 0.15) is 43.0 Å². The van der Waals surface area contributed by atoms with Gasteiger partial charge in [-0.1, -0.05) is 12.1 Å². The molecule has 0 unspecified atom stereocenters. The first kappa shape index (κ1) is 22.6. The van der Waals surface area contributed by atoms with Gasteiger partial charge in [0.2, 0.25) is 0 Å². The molecule has 0 spiro atoms. The van der Waals surface area contributed by atoms with E-state index in [2.05, 4.69) is 16.0 Å². The van der Waals surface area contributed by atoms with Gasteiger partial charge in [-0.2, -0.15) is 0 Å². The number of anilines is 3. The zero-order chi connectivity index (χ0) is 23.4. The molecule has 2 amide bonds. The van der Waals surface area contributed by atoms with Crippen LogP contribution in [0.2, 0.25) is 0 Å². The minimum atomic E-state index is -0.331. The molecule has 7 nitrogen and oxygen atoms in total. The molecule has 3 rings (SSSR count). The summed E-state index contributed by atoms with van der Waals surface area (Å²) < 4.78 is 0. The van der Waals surface area contributed by atoms with Crippen LogP contribution in [0, 0.1) is 19.3 Å². The van der Waals surface area contributed by atoms with Gasteiger partial charge in [-0.15, -0.1) is 0 Å². The number of carbonyl (C=O) groups excluding carboxylic acids is 2. The van der Waals surface area contributed by atoms with Crippen molar-refractivity contribution in [2.24, 2.45) is 0 Å². The monoisotopic (exact) mass is 429 g/mol. The van der Waals surface area contributed by atoms with Gasteiger partial charge in [0.05, 0.1) is 5.71 Å². The summed E-state index contributed by atoms with van der Waals surface area (Å²) in [7, 11) is 3.34. The summed E-state index contributed by atoms with van der Waals surface area (Å²) in [6.45, 7) is 3.74.